The second-order valence-electron chi connectivity index (χ2n) is 5.77. The molecule has 0 atom stereocenters. The molecule has 2 heterocycles. The van der Waals surface area contributed by atoms with Gasteiger partial charge in [0.05, 0.1) is 18.4 Å². The molecule has 1 aromatic carbocycles. The van der Waals surface area contributed by atoms with Crippen molar-refractivity contribution in [2.45, 2.75) is 31.8 Å². The zero-order valence-electron chi connectivity index (χ0n) is 14.4. The van der Waals surface area contributed by atoms with Crippen LogP contribution < -0.4 is 4.72 Å². The number of hydrogen-bond acceptors (Lipinski definition) is 4. The number of sulfonamides is 1. The van der Waals surface area contributed by atoms with Gasteiger partial charge >= 0.3 is 0 Å². The van der Waals surface area contributed by atoms with E-state index in [1.54, 1.807) is 29.8 Å². The van der Waals surface area contributed by atoms with Crippen LogP contribution in [0.3, 0.4) is 0 Å². The fraction of sp³-hybridized carbons (Fsp3) is 0.250. The van der Waals surface area contributed by atoms with E-state index in [-0.39, 0.29) is 15.7 Å². The minimum Gasteiger partial charge on any atom is -0.269 e. The highest BCUT2D eigenvalue weighted by molar-refractivity contribution is 7.92. The van der Waals surface area contributed by atoms with E-state index in [1.807, 2.05) is 6.92 Å². The number of nitrogens with zero attached hydrogens (tertiary/aromatic N) is 4. The molecule has 0 saturated carbocycles. The van der Waals surface area contributed by atoms with Crippen LogP contribution in [0.5, 0.6) is 0 Å². The minimum atomic E-state index is -3.87. The van der Waals surface area contributed by atoms with E-state index < -0.39 is 10.0 Å². The number of benzene rings is 1. The molecule has 0 aliphatic carbocycles. The van der Waals surface area contributed by atoms with Crippen LogP contribution in [-0.2, 0) is 23.1 Å². The van der Waals surface area contributed by atoms with Crippen molar-refractivity contribution in [3.8, 4) is 0 Å². The molecule has 7 nitrogen and oxygen atoms in total. The summed E-state index contributed by atoms with van der Waals surface area (Å²) in [5.74, 6) is 0.0328. The molecule has 0 bridgehead atoms. The van der Waals surface area contributed by atoms with Crippen molar-refractivity contribution in [2.75, 3.05) is 4.72 Å². The Morgan fingerprint density at radius 3 is 2.56 bits per heavy atom. The Morgan fingerprint density at radius 2 is 1.93 bits per heavy atom. The Morgan fingerprint density at radius 1 is 1.19 bits per heavy atom. The Hall–Kier alpha value is -1.74. The predicted octanol–water partition coefficient (Wildman–Crippen LogP) is 4.22. The maximum absolute atomic E-state index is 12.7. The Labute approximate surface area is 171 Å². The summed E-state index contributed by atoms with van der Waals surface area (Å²) in [7, 11) is -3.87. The van der Waals surface area contributed by atoms with E-state index in [9.17, 15) is 8.42 Å². The number of anilines is 1. The average Bonchev–Trinajstić information content (AvgIpc) is 3.13. The highest BCUT2D eigenvalue weighted by Crippen LogP contribution is 2.26. The Balaban J connectivity index is 1.85. The fourth-order valence-electron chi connectivity index (χ4n) is 2.57. The van der Waals surface area contributed by atoms with Crippen LogP contribution in [0, 0.1) is 6.92 Å². The number of rotatable bonds is 6. The third-order valence-electron chi connectivity index (χ3n) is 3.94. The fourth-order valence-corrected chi connectivity index (χ4v) is 4.48. The summed E-state index contributed by atoms with van der Waals surface area (Å²) >= 11 is 18.2. The molecule has 3 aromatic rings. The zero-order valence-corrected chi connectivity index (χ0v) is 17.5. The molecule has 0 aliphatic rings. The van der Waals surface area contributed by atoms with Crippen molar-refractivity contribution in [1.82, 2.24) is 19.6 Å². The molecular weight excluding hydrogens is 433 g/mol. The normalized spacial score (nSPS) is 11.7. The van der Waals surface area contributed by atoms with Gasteiger partial charge in [0.15, 0.2) is 5.82 Å². The average molecular weight is 449 g/mol. The van der Waals surface area contributed by atoms with Gasteiger partial charge in [0.25, 0.3) is 10.0 Å². The van der Waals surface area contributed by atoms with Gasteiger partial charge in [0.1, 0.15) is 9.92 Å². The van der Waals surface area contributed by atoms with E-state index in [0.717, 1.165) is 5.56 Å². The van der Waals surface area contributed by atoms with Crippen molar-refractivity contribution in [3.05, 3.63) is 56.9 Å². The van der Waals surface area contributed by atoms with E-state index in [4.69, 9.17) is 34.8 Å². The summed E-state index contributed by atoms with van der Waals surface area (Å²) in [5.41, 5.74) is 1.31. The van der Waals surface area contributed by atoms with Gasteiger partial charge in [-0.1, -0.05) is 40.9 Å². The van der Waals surface area contributed by atoms with E-state index in [0.29, 0.717) is 28.8 Å². The maximum Gasteiger partial charge on any atom is 0.266 e. The smallest absolute Gasteiger partial charge is 0.266 e. The van der Waals surface area contributed by atoms with Crippen LogP contribution in [0.4, 0.5) is 5.82 Å². The lowest BCUT2D eigenvalue weighted by atomic mass is 10.2. The summed E-state index contributed by atoms with van der Waals surface area (Å²) in [4.78, 5) is 0.0794. The van der Waals surface area contributed by atoms with Crippen molar-refractivity contribution in [1.29, 1.82) is 0 Å². The van der Waals surface area contributed by atoms with E-state index in [1.165, 1.54) is 17.1 Å². The maximum atomic E-state index is 12.7. The summed E-state index contributed by atoms with van der Waals surface area (Å²) < 4.78 is 30.8. The first kappa shape index (κ1) is 20.0. The van der Waals surface area contributed by atoms with Gasteiger partial charge in [-0.2, -0.15) is 10.2 Å². The van der Waals surface area contributed by atoms with Crippen molar-refractivity contribution in [3.63, 3.8) is 0 Å². The largest absolute Gasteiger partial charge is 0.269 e. The molecule has 1 N–H and O–H groups in total. The Bertz CT molecular complexity index is 1090. The SMILES string of the molecule is CCn1ncc(S(=O)(=O)Nc2nn(Cc3ccc(Cl)cc3Cl)cc2Cl)c1C. The molecule has 2 aromatic heterocycles. The van der Waals surface area contributed by atoms with Crippen molar-refractivity contribution in [2.24, 2.45) is 0 Å². The van der Waals surface area contributed by atoms with Crippen LogP contribution in [0.1, 0.15) is 18.2 Å². The summed E-state index contributed by atoms with van der Waals surface area (Å²) in [6, 6.07) is 5.11. The lowest BCUT2D eigenvalue weighted by Crippen LogP contribution is -2.15. The lowest BCUT2D eigenvalue weighted by molar-refractivity contribution is 0.598. The second-order valence-corrected chi connectivity index (χ2v) is 8.68. The lowest BCUT2D eigenvalue weighted by Gasteiger charge is -2.07. The predicted molar refractivity (Wildman–Crippen MR) is 106 cm³/mol. The van der Waals surface area contributed by atoms with Crippen LogP contribution in [-0.4, -0.2) is 28.0 Å². The van der Waals surface area contributed by atoms with Gasteiger partial charge in [-0.25, -0.2) is 8.42 Å². The van der Waals surface area contributed by atoms with Gasteiger partial charge in [-0.15, -0.1) is 0 Å². The molecule has 144 valence electrons. The quantitative estimate of drug-likeness (QED) is 0.612. The number of halogens is 3. The van der Waals surface area contributed by atoms with Gasteiger partial charge in [0, 0.05) is 22.8 Å². The van der Waals surface area contributed by atoms with Crippen molar-refractivity contribution >= 4 is 50.6 Å². The summed E-state index contributed by atoms with van der Waals surface area (Å²) in [5, 5.41) is 9.45. The van der Waals surface area contributed by atoms with Gasteiger partial charge < -0.3 is 0 Å². The van der Waals surface area contributed by atoms with Crippen LogP contribution >= 0.6 is 34.8 Å². The number of hydrogen-bond donors (Lipinski definition) is 1. The van der Waals surface area contributed by atoms with Gasteiger partial charge in [-0.3, -0.25) is 14.1 Å². The molecule has 0 saturated heterocycles. The van der Waals surface area contributed by atoms with Gasteiger partial charge in [0.2, 0.25) is 0 Å². The van der Waals surface area contributed by atoms with Crippen LogP contribution in [0.2, 0.25) is 15.1 Å². The topological polar surface area (TPSA) is 81.8 Å². The highest BCUT2D eigenvalue weighted by atomic mass is 35.5. The van der Waals surface area contributed by atoms with Gasteiger partial charge in [-0.05, 0) is 31.5 Å². The standard InChI is InChI=1S/C16H16Cl3N5O2S/c1-3-24-10(2)15(7-20-24)27(25,26)22-16-14(19)9-23(21-16)8-11-4-5-12(17)6-13(11)18/h4-7,9H,3,8H2,1-2H3,(H,21,22). The molecule has 3 rings (SSSR count). The molecule has 0 unspecified atom stereocenters. The van der Waals surface area contributed by atoms with E-state index >= 15 is 0 Å². The highest BCUT2D eigenvalue weighted by Gasteiger charge is 2.23. The molecule has 11 heteroatoms. The third-order valence-corrected chi connectivity index (χ3v) is 6.25. The first-order valence-electron chi connectivity index (χ1n) is 7.93. The summed E-state index contributed by atoms with van der Waals surface area (Å²) in [6.45, 7) is 4.45. The first-order chi connectivity index (χ1) is 12.7. The first-order valence-corrected chi connectivity index (χ1v) is 10.5. The molecule has 0 aliphatic heterocycles. The second kappa shape index (κ2) is 7.71. The van der Waals surface area contributed by atoms with Crippen LogP contribution in [0.15, 0.2) is 35.5 Å². The molecule has 0 spiro atoms. The summed E-state index contributed by atoms with van der Waals surface area (Å²) in [6.07, 6.45) is 2.83. The molecular formula is C16H16Cl3N5O2S. The Kier molecular flexibility index (Phi) is 5.71. The number of aromatic nitrogens is 4. The molecule has 27 heavy (non-hydrogen) atoms. The number of nitrogens with one attached hydrogen (secondary N) is 1. The van der Waals surface area contributed by atoms with Crippen LogP contribution in [0.25, 0.3) is 0 Å². The minimum absolute atomic E-state index is 0.0328. The monoisotopic (exact) mass is 447 g/mol. The molecule has 0 amide bonds. The third kappa shape index (κ3) is 4.24. The van der Waals surface area contributed by atoms with E-state index in [2.05, 4.69) is 14.9 Å². The molecule has 0 radical (unpaired) electrons. The number of aryl methyl sites for hydroxylation is 1. The van der Waals surface area contributed by atoms with Crippen molar-refractivity contribution < 1.29 is 8.42 Å². The molecule has 0 fully saturated rings. The zero-order chi connectivity index (χ0) is 19.8.